The number of hydrogen-bond acceptors (Lipinski definition) is 3. The van der Waals surface area contributed by atoms with Crippen molar-refractivity contribution < 1.29 is 23.6 Å². The zero-order valence-corrected chi connectivity index (χ0v) is 14.5. The lowest BCUT2D eigenvalue weighted by molar-refractivity contribution is -0.871. The number of nitrogens with one attached hydrogen (secondary N) is 2. The van der Waals surface area contributed by atoms with Gasteiger partial charge in [-0.3, -0.25) is 4.79 Å². The summed E-state index contributed by atoms with van der Waals surface area (Å²) >= 11 is 0. The smallest absolute Gasteiger partial charge is 0.275 e. The molecule has 0 radical (unpaired) electrons. The van der Waals surface area contributed by atoms with Gasteiger partial charge in [-0.1, -0.05) is 12.1 Å². The van der Waals surface area contributed by atoms with Gasteiger partial charge < -0.3 is 19.7 Å². The highest BCUT2D eigenvalue weighted by Gasteiger charge is 2.10. The van der Waals surface area contributed by atoms with Crippen molar-refractivity contribution in [2.45, 2.75) is 6.54 Å². The van der Waals surface area contributed by atoms with Crippen molar-refractivity contribution in [3.05, 3.63) is 59.9 Å². The van der Waals surface area contributed by atoms with Crippen LogP contribution in [0.4, 0.5) is 4.39 Å². The molecule has 0 aliphatic carbocycles. The lowest BCUT2D eigenvalue weighted by atomic mass is 10.2. The summed E-state index contributed by atoms with van der Waals surface area (Å²) in [5.74, 6) is 1.11. The summed E-state index contributed by atoms with van der Waals surface area (Å²) < 4.78 is 23.4. The molecule has 0 aromatic heterocycles. The number of benzene rings is 2. The Hall–Kier alpha value is -2.60. The molecule has 0 saturated heterocycles. The van der Waals surface area contributed by atoms with E-state index in [2.05, 4.69) is 5.32 Å². The molecule has 0 spiro atoms. The minimum Gasteiger partial charge on any atom is -0.497 e. The monoisotopic (exact) mass is 347 g/mol. The molecule has 0 fully saturated rings. The van der Waals surface area contributed by atoms with Gasteiger partial charge in [0, 0.05) is 6.54 Å². The Bertz CT molecular complexity index is 659. The van der Waals surface area contributed by atoms with Gasteiger partial charge in [0.25, 0.3) is 5.91 Å². The highest BCUT2D eigenvalue weighted by atomic mass is 19.1. The van der Waals surface area contributed by atoms with E-state index in [-0.39, 0.29) is 11.7 Å². The van der Waals surface area contributed by atoms with Crippen LogP contribution in [0.2, 0.25) is 0 Å². The quantitative estimate of drug-likeness (QED) is 0.713. The molecule has 2 aromatic carbocycles. The number of amides is 1. The second-order valence-corrected chi connectivity index (χ2v) is 5.81. The lowest BCUT2D eigenvalue weighted by Crippen LogP contribution is -3.10. The Kier molecular flexibility index (Phi) is 7.22. The molecule has 134 valence electrons. The van der Waals surface area contributed by atoms with Crippen LogP contribution in [0.15, 0.2) is 48.5 Å². The molecule has 5 nitrogen and oxygen atoms in total. The molecular weight excluding hydrogens is 323 g/mol. The largest absolute Gasteiger partial charge is 0.497 e. The maximum atomic E-state index is 12.8. The number of carbonyl (C=O) groups excluding carboxylic acids is 1. The number of likely N-dealkylation sites (N-methyl/N-ethyl adjacent to an activating group) is 1. The van der Waals surface area contributed by atoms with Gasteiger partial charge >= 0.3 is 0 Å². The highest BCUT2D eigenvalue weighted by Crippen LogP contribution is 2.11. The first kappa shape index (κ1) is 18.7. The second kappa shape index (κ2) is 9.64. The summed E-state index contributed by atoms with van der Waals surface area (Å²) in [6, 6.07) is 13.5. The summed E-state index contributed by atoms with van der Waals surface area (Å²) in [7, 11) is 3.55. The Labute approximate surface area is 147 Å². The summed E-state index contributed by atoms with van der Waals surface area (Å²) in [5, 5.41) is 2.90. The van der Waals surface area contributed by atoms with E-state index in [0.29, 0.717) is 32.0 Å². The second-order valence-electron chi connectivity index (χ2n) is 5.81. The van der Waals surface area contributed by atoms with Crippen molar-refractivity contribution in [1.29, 1.82) is 0 Å². The fraction of sp³-hybridized carbons (Fsp3) is 0.316. The molecular formula is C19H24FN2O3+. The Morgan fingerprint density at radius 1 is 1.08 bits per heavy atom. The van der Waals surface area contributed by atoms with Crippen LogP contribution < -0.4 is 19.7 Å². The topological polar surface area (TPSA) is 52.0 Å². The predicted molar refractivity (Wildman–Crippen MR) is 93.4 cm³/mol. The van der Waals surface area contributed by atoms with Crippen LogP contribution >= 0.6 is 0 Å². The standard InChI is InChI=1S/C19H23FN2O3/c1-22(11-12-25-18-9-5-16(20)6-10-18)14-19(23)21-13-15-3-7-17(24-2)8-4-15/h3-10H,11-14H2,1-2H3,(H,21,23)/p+1. The highest BCUT2D eigenvalue weighted by molar-refractivity contribution is 5.76. The first-order valence-corrected chi connectivity index (χ1v) is 8.16. The maximum Gasteiger partial charge on any atom is 0.275 e. The van der Waals surface area contributed by atoms with Gasteiger partial charge in [0.2, 0.25) is 0 Å². The number of halogens is 1. The van der Waals surface area contributed by atoms with Gasteiger partial charge in [-0.25, -0.2) is 4.39 Å². The van der Waals surface area contributed by atoms with Crippen LogP contribution in [0.3, 0.4) is 0 Å². The average Bonchev–Trinajstić information content (AvgIpc) is 2.62. The molecule has 0 heterocycles. The molecule has 2 rings (SSSR count). The molecule has 2 N–H and O–H groups in total. The van der Waals surface area contributed by atoms with E-state index in [9.17, 15) is 9.18 Å². The number of rotatable bonds is 9. The van der Waals surface area contributed by atoms with Crippen molar-refractivity contribution in [1.82, 2.24) is 5.32 Å². The Morgan fingerprint density at radius 2 is 1.72 bits per heavy atom. The van der Waals surface area contributed by atoms with Crippen molar-refractivity contribution >= 4 is 5.91 Å². The Morgan fingerprint density at radius 3 is 2.36 bits per heavy atom. The molecule has 6 heteroatoms. The Balaban J connectivity index is 1.64. The molecule has 0 saturated carbocycles. The molecule has 1 unspecified atom stereocenters. The van der Waals surface area contributed by atoms with Crippen molar-refractivity contribution in [2.24, 2.45) is 0 Å². The SMILES string of the molecule is COc1ccc(CNC(=O)C[NH+](C)CCOc2ccc(F)cc2)cc1. The van der Waals surface area contributed by atoms with Gasteiger partial charge in [-0.2, -0.15) is 0 Å². The van der Waals surface area contributed by atoms with Crippen LogP contribution in [0.5, 0.6) is 11.5 Å². The summed E-state index contributed by atoms with van der Waals surface area (Å²) in [5.41, 5.74) is 1.02. The summed E-state index contributed by atoms with van der Waals surface area (Å²) in [6.07, 6.45) is 0. The van der Waals surface area contributed by atoms with E-state index in [4.69, 9.17) is 9.47 Å². The van der Waals surface area contributed by atoms with Gasteiger partial charge in [-0.15, -0.1) is 0 Å². The minimum absolute atomic E-state index is 0.0184. The lowest BCUT2D eigenvalue weighted by Gasteiger charge is -2.14. The molecule has 1 amide bonds. The third-order valence-corrected chi connectivity index (χ3v) is 3.72. The van der Waals surface area contributed by atoms with E-state index < -0.39 is 0 Å². The third kappa shape index (κ3) is 6.81. The van der Waals surface area contributed by atoms with Crippen LogP contribution in [-0.2, 0) is 11.3 Å². The average molecular weight is 347 g/mol. The zero-order chi connectivity index (χ0) is 18.1. The zero-order valence-electron chi connectivity index (χ0n) is 14.5. The first-order chi connectivity index (χ1) is 12.1. The minimum atomic E-state index is -0.288. The third-order valence-electron chi connectivity index (χ3n) is 3.72. The summed E-state index contributed by atoms with van der Waals surface area (Å²) in [6.45, 7) is 1.99. The van der Waals surface area contributed by atoms with E-state index in [0.717, 1.165) is 16.2 Å². The van der Waals surface area contributed by atoms with Gasteiger partial charge in [0.1, 0.15) is 30.5 Å². The number of carbonyl (C=O) groups is 1. The molecule has 2 aromatic rings. The van der Waals surface area contributed by atoms with Gasteiger partial charge in [0.05, 0.1) is 14.2 Å². The van der Waals surface area contributed by atoms with Crippen LogP contribution in [-0.4, -0.2) is 39.8 Å². The van der Waals surface area contributed by atoms with E-state index in [1.54, 1.807) is 19.2 Å². The number of ether oxygens (including phenoxy) is 2. The molecule has 1 atom stereocenters. The van der Waals surface area contributed by atoms with E-state index in [1.165, 1.54) is 12.1 Å². The van der Waals surface area contributed by atoms with Crippen molar-refractivity contribution in [3.8, 4) is 11.5 Å². The van der Waals surface area contributed by atoms with Crippen LogP contribution in [0, 0.1) is 5.82 Å². The predicted octanol–water partition coefficient (Wildman–Crippen LogP) is 1.04. The van der Waals surface area contributed by atoms with E-state index >= 15 is 0 Å². The number of quaternary nitrogens is 1. The van der Waals surface area contributed by atoms with E-state index in [1.807, 2.05) is 31.3 Å². The fourth-order valence-electron chi connectivity index (χ4n) is 2.24. The van der Waals surface area contributed by atoms with Gasteiger partial charge in [0.15, 0.2) is 6.54 Å². The molecule has 0 aliphatic heterocycles. The number of methoxy groups -OCH3 is 1. The number of hydrogen-bond donors (Lipinski definition) is 2. The van der Waals surface area contributed by atoms with Crippen molar-refractivity contribution in [3.63, 3.8) is 0 Å². The summed E-state index contributed by atoms with van der Waals surface area (Å²) in [4.78, 5) is 13.0. The van der Waals surface area contributed by atoms with Crippen molar-refractivity contribution in [2.75, 3.05) is 33.9 Å². The van der Waals surface area contributed by atoms with Crippen LogP contribution in [0.1, 0.15) is 5.56 Å². The molecule has 0 bridgehead atoms. The first-order valence-electron chi connectivity index (χ1n) is 8.16. The maximum absolute atomic E-state index is 12.8. The normalized spacial score (nSPS) is 11.6. The fourth-order valence-corrected chi connectivity index (χ4v) is 2.24. The van der Waals surface area contributed by atoms with Crippen LogP contribution in [0.25, 0.3) is 0 Å². The molecule has 0 aliphatic rings. The van der Waals surface area contributed by atoms with Gasteiger partial charge in [-0.05, 0) is 42.0 Å². The molecule has 25 heavy (non-hydrogen) atoms.